The van der Waals surface area contributed by atoms with E-state index in [2.05, 4.69) is 10.0 Å². The largest absolute Gasteiger partial charge is 0.463 e. The Morgan fingerprint density at radius 1 is 0.690 bits per heavy atom. The van der Waals surface area contributed by atoms with Crippen LogP contribution in [0.1, 0.15) is 44.4 Å². The van der Waals surface area contributed by atoms with Crippen LogP contribution in [0.5, 0.6) is 0 Å². The molecule has 0 aliphatic carbocycles. The number of benzene rings is 3. The number of azide groups is 1. The van der Waals surface area contributed by atoms with Gasteiger partial charge in [-0.2, -0.15) is 0 Å². The second kappa shape index (κ2) is 23.7. The summed E-state index contributed by atoms with van der Waals surface area (Å²) in [6, 6.07) is 26.3. The Labute approximate surface area is 336 Å². The third-order valence-corrected chi connectivity index (χ3v) is 8.68. The maximum Gasteiger partial charge on any atom is 0.303 e. The van der Waals surface area contributed by atoms with Gasteiger partial charge in [-0.3, -0.25) is 19.2 Å². The molecule has 0 spiro atoms. The smallest absolute Gasteiger partial charge is 0.303 e. The van der Waals surface area contributed by atoms with Crippen molar-refractivity contribution in [2.45, 2.75) is 103 Å². The molecular weight excluding hydrogens is 758 g/mol. The summed E-state index contributed by atoms with van der Waals surface area (Å²) in [5.74, 6) is -3.15. The Kier molecular flexibility index (Phi) is 18.6. The summed E-state index contributed by atoms with van der Waals surface area (Å²) in [6.07, 6.45) is -11.2. The van der Waals surface area contributed by atoms with E-state index >= 15 is 0 Å². The van der Waals surface area contributed by atoms with E-state index in [1.54, 1.807) is 0 Å². The van der Waals surface area contributed by atoms with E-state index < -0.39 is 92.2 Å². The number of carbonyl (C=O) groups excluding carboxylic acids is 4. The minimum absolute atomic E-state index is 0.00913. The van der Waals surface area contributed by atoms with Gasteiger partial charge in [0.25, 0.3) is 0 Å². The fourth-order valence-corrected chi connectivity index (χ4v) is 6.19. The molecule has 0 amide bonds. The van der Waals surface area contributed by atoms with Crippen molar-refractivity contribution in [2.24, 2.45) is 5.11 Å². The maximum absolute atomic E-state index is 12.7. The molecule has 1 aliphatic heterocycles. The normalized spacial score (nSPS) is 20.9. The molecule has 17 nitrogen and oxygen atoms in total. The molecule has 0 unspecified atom stereocenters. The first-order valence-corrected chi connectivity index (χ1v) is 18.5. The van der Waals surface area contributed by atoms with Crippen molar-refractivity contribution >= 4 is 23.9 Å². The van der Waals surface area contributed by atoms with Crippen LogP contribution in [-0.2, 0) is 81.6 Å². The zero-order valence-electron chi connectivity index (χ0n) is 32.7. The first-order chi connectivity index (χ1) is 28.0. The van der Waals surface area contributed by atoms with E-state index in [1.165, 1.54) is 0 Å². The molecule has 1 saturated heterocycles. The van der Waals surface area contributed by atoms with E-state index in [-0.39, 0.29) is 26.4 Å². The molecule has 9 atom stereocenters. The van der Waals surface area contributed by atoms with Crippen molar-refractivity contribution in [3.05, 3.63) is 118 Å². The molecule has 1 heterocycles. The van der Waals surface area contributed by atoms with Gasteiger partial charge in [0.05, 0.1) is 45.2 Å². The Bertz CT molecular complexity index is 1780. The van der Waals surface area contributed by atoms with Crippen molar-refractivity contribution in [1.29, 1.82) is 0 Å². The fraction of sp³-hybridized carbons (Fsp3) is 0.463. The van der Waals surface area contributed by atoms with Gasteiger partial charge in [-0.25, -0.2) is 0 Å². The van der Waals surface area contributed by atoms with Crippen molar-refractivity contribution in [3.8, 4) is 0 Å². The molecule has 58 heavy (non-hydrogen) atoms. The summed E-state index contributed by atoms with van der Waals surface area (Å²) in [5.41, 5.74) is 11.9. The molecule has 3 aromatic carbocycles. The van der Waals surface area contributed by atoms with Crippen molar-refractivity contribution < 1.29 is 66.9 Å². The Hall–Kier alpha value is -5.39. The number of hydrogen-bond donors (Lipinski definition) is 1. The van der Waals surface area contributed by atoms with Crippen molar-refractivity contribution in [2.75, 3.05) is 19.8 Å². The minimum atomic E-state index is -1.64. The maximum atomic E-state index is 12.7. The lowest BCUT2D eigenvalue weighted by Gasteiger charge is -2.46. The molecular formula is C41H49N3O14. The third kappa shape index (κ3) is 14.5. The molecule has 1 aliphatic rings. The number of ether oxygens (including phenoxy) is 9. The average molecular weight is 808 g/mol. The van der Waals surface area contributed by atoms with Gasteiger partial charge in [-0.15, -0.1) is 0 Å². The van der Waals surface area contributed by atoms with Crippen LogP contribution >= 0.6 is 0 Å². The molecule has 1 fully saturated rings. The zero-order valence-corrected chi connectivity index (χ0v) is 32.7. The lowest BCUT2D eigenvalue weighted by Crippen LogP contribution is -2.64. The molecule has 3 aromatic rings. The van der Waals surface area contributed by atoms with E-state index in [4.69, 9.17) is 42.6 Å². The Morgan fingerprint density at radius 3 is 1.66 bits per heavy atom. The molecule has 312 valence electrons. The van der Waals surface area contributed by atoms with Crippen LogP contribution in [0.25, 0.3) is 10.4 Å². The number of carbonyl (C=O) groups is 4. The van der Waals surface area contributed by atoms with Crippen LogP contribution in [0.2, 0.25) is 0 Å². The van der Waals surface area contributed by atoms with Gasteiger partial charge >= 0.3 is 23.9 Å². The predicted octanol–water partition coefficient (Wildman–Crippen LogP) is 4.51. The summed E-state index contributed by atoms with van der Waals surface area (Å²) in [4.78, 5) is 52.5. The number of aliphatic hydroxyl groups is 1. The van der Waals surface area contributed by atoms with E-state index in [0.717, 1.165) is 44.4 Å². The van der Waals surface area contributed by atoms with Crippen molar-refractivity contribution in [3.63, 3.8) is 0 Å². The number of esters is 4. The van der Waals surface area contributed by atoms with Crippen LogP contribution in [0.4, 0.5) is 0 Å². The Balaban J connectivity index is 1.85. The van der Waals surface area contributed by atoms with Crippen LogP contribution in [0.15, 0.2) is 96.1 Å². The van der Waals surface area contributed by atoms with Gasteiger partial charge < -0.3 is 47.7 Å². The van der Waals surface area contributed by atoms with E-state index in [0.29, 0.717) is 0 Å². The molecule has 0 aromatic heterocycles. The number of hydrogen-bond acceptors (Lipinski definition) is 15. The highest BCUT2D eigenvalue weighted by atomic mass is 16.7. The quantitative estimate of drug-likeness (QED) is 0.0485. The second-order valence-electron chi connectivity index (χ2n) is 13.2. The topological polar surface area (TPSA) is 220 Å². The van der Waals surface area contributed by atoms with Crippen LogP contribution in [0, 0.1) is 0 Å². The average Bonchev–Trinajstić information content (AvgIpc) is 3.20. The van der Waals surface area contributed by atoms with Gasteiger partial charge in [-0.1, -0.05) is 96.1 Å². The molecule has 17 heteroatoms. The third-order valence-electron chi connectivity index (χ3n) is 8.68. The SMILES string of the molecule is CC(=O)OC[C@H]1O[C@@H](O[C@H](COCc2ccccc2)[C@H](OCc2ccccc2)[C@H](OCc2ccccc2)[C@H](CO)N=[N+]=[N-])[C@H](OC(C)=O)[C@@H](OC(C)=O)[C@@H]1OC(C)=O. The standard InChI is InChI=1S/C41H49N3O14/c1-26(46)51-25-35-38(54-27(2)47)39(55-28(3)48)40(56-29(4)49)41(58-35)57-34(24-50-21-30-14-8-5-9-15-30)37(53-23-32-18-12-7-13-19-32)36(33(20-45)43-44-42)52-22-31-16-10-6-11-17-31/h5-19,33-41,45H,20-25H2,1-4H3/t33-,34+,35+,36+,37-,38+,39-,40+,41+/m0/s1. The van der Waals surface area contributed by atoms with Crippen LogP contribution in [0.3, 0.4) is 0 Å². The minimum Gasteiger partial charge on any atom is -0.463 e. The molecule has 0 radical (unpaired) electrons. The number of nitrogens with zero attached hydrogens (tertiary/aromatic N) is 3. The first-order valence-electron chi connectivity index (χ1n) is 18.5. The molecule has 0 saturated carbocycles. The predicted molar refractivity (Wildman–Crippen MR) is 203 cm³/mol. The summed E-state index contributed by atoms with van der Waals surface area (Å²) >= 11 is 0. The second-order valence-corrected chi connectivity index (χ2v) is 13.2. The van der Waals surface area contributed by atoms with Gasteiger partial charge in [0.1, 0.15) is 24.9 Å². The van der Waals surface area contributed by atoms with Gasteiger partial charge in [0.15, 0.2) is 24.6 Å². The number of aliphatic hydroxyl groups excluding tert-OH is 1. The lowest BCUT2D eigenvalue weighted by molar-refractivity contribution is -0.329. The number of rotatable bonds is 22. The molecule has 1 N–H and O–H groups in total. The van der Waals surface area contributed by atoms with Gasteiger partial charge in [0, 0.05) is 32.6 Å². The summed E-state index contributed by atoms with van der Waals surface area (Å²) < 4.78 is 54.3. The summed E-state index contributed by atoms with van der Waals surface area (Å²) in [7, 11) is 0. The highest BCUT2D eigenvalue weighted by Crippen LogP contribution is 2.32. The van der Waals surface area contributed by atoms with Gasteiger partial charge in [0.2, 0.25) is 0 Å². The molecule has 4 rings (SSSR count). The van der Waals surface area contributed by atoms with Crippen LogP contribution in [-0.4, -0.2) is 104 Å². The monoisotopic (exact) mass is 807 g/mol. The van der Waals surface area contributed by atoms with E-state index in [1.807, 2.05) is 91.0 Å². The van der Waals surface area contributed by atoms with Crippen LogP contribution < -0.4 is 0 Å². The summed E-state index contributed by atoms with van der Waals surface area (Å²) in [5, 5.41) is 14.5. The van der Waals surface area contributed by atoms with Gasteiger partial charge in [-0.05, 0) is 22.2 Å². The lowest BCUT2D eigenvalue weighted by atomic mass is 9.97. The first kappa shape index (κ1) is 45.3. The molecule has 0 bridgehead atoms. The summed E-state index contributed by atoms with van der Waals surface area (Å²) in [6.45, 7) is 3.14. The highest BCUT2D eigenvalue weighted by molar-refractivity contribution is 5.68. The highest BCUT2D eigenvalue weighted by Gasteiger charge is 2.54. The zero-order chi connectivity index (χ0) is 41.9. The van der Waals surface area contributed by atoms with Crippen molar-refractivity contribution in [1.82, 2.24) is 0 Å². The van der Waals surface area contributed by atoms with E-state index in [9.17, 15) is 29.8 Å². The Morgan fingerprint density at radius 2 is 1.17 bits per heavy atom. The fourth-order valence-electron chi connectivity index (χ4n) is 6.19.